The predicted octanol–water partition coefficient (Wildman–Crippen LogP) is 1.70. The number of fused-ring (bicyclic) bond motifs is 2. The van der Waals surface area contributed by atoms with E-state index in [1.54, 1.807) is 18.2 Å². The summed E-state index contributed by atoms with van der Waals surface area (Å²) in [5.74, 6) is 1.84. The number of nitrogens with one attached hydrogen (secondary N) is 2. The number of carbonyl (C=O) groups is 1. The summed E-state index contributed by atoms with van der Waals surface area (Å²) in [6.45, 7) is 1.50. The zero-order valence-corrected chi connectivity index (χ0v) is 15.5. The molecule has 5 rings (SSSR count). The molecule has 0 radical (unpaired) electrons. The molecule has 146 valence electrons. The number of aryl methyl sites for hydroxylation is 1. The predicted molar refractivity (Wildman–Crippen MR) is 102 cm³/mol. The van der Waals surface area contributed by atoms with Crippen molar-refractivity contribution in [3.8, 4) is 11.5 Å². The number of ether oxygens (including phenoxy) is 2. The van der Waals surface area contributed by atoms with Gasteiger partial charge in [0.2, 0.25) is 12.7 Å². The summed E-state index contributed by atoms with van der Waals surface area (Å²) in [4.78, 5) is 34.2. The Bertz CT molecular complexity index is 979. The minimum atomic E-state index is -0.0274. The Hall–Kier alpha value is -3.03. The lowest BCUT2D eigenvalue weighted by Crippen LogP contribution is -2.42. The molecule has 1 aromatic carbocycles. The largest absolute Gasteiger partial charge is 0.454 e. The van der Waals surface area contributed by atoms with Crippen molar-refractivity contribution in [3.63, 3.8) is 0 Å². The van der Waals surface area contributed by atoms with Crippen LogP contribution in [0.4, 0.5) is 5.95 Å². The summed E-state index contributed by atoms with van der Waals surface area (Å²) in [5.41, 5.74) is 2.33. The molecule has 1 aliphatic carbocycles. The van der Waals surface area contributed by atoms with Crippen molar-refractivity contribution < 1.29 is 14.3 Å². The van der Waals surface area contributed by atoms with Gasteiger partial charge in [0, 0.05) is 30.3 Å². The number of aromatic nitrogens is 2. The second-order valence-electron chi connectivity index (χ2n) is 7.47. The molecule has 2 aliphatic heterocycles. The van der Waals surface area contributed by atoms with Crippen LogP contribution in [0.1, 0.15) is 40.9 Å². The topological polar surface area (TPSA) is 96.6 Å². The first-order valence-electron chi connectivity index (χ1n) is 9.75. The monoisotopic (exact) mass is 382 g/mol. The van der Waals surface area contributed by atoms with Gasteiger partial charge in [0.15, 0.2) is 11.5 Å². The van der Waals surface area contributed by atoms with Crippen LogP contribution in [0.2, 0.25) is 0 Å². The molecule has 0 atom stereocenters. The lowest BCUT2D eigenvalue weighted by atomic mass is 10.0. The van der Waals surface area contributed by atoms with Crippen LogP contribution in [0.25, 0.3) is 0 Å². The zero-order chi connectivity index (χ0) is 19.1. The SMILES string of the molecule is O=C(c1ccc2c(c1)OCO2)N1CCC(Nc2nc3c(c(=O)[nH]2)CCC3)CC1. The molecule has 0 saturated carbocycles. The van der Waals surface area contributed by atoms with Crippen LogP contribution in [0.5, 0.6) is 11.5 Å². The lowest BCUT2D eigenvalue weighted by Gasteiger charge is -2.32. The summed E-state index contributed by atoms with van der Waals surface area (Å²) in [6.07, 6.45) is 4.29. The van der Waals surface area contributed by atoms with Crippen LogP contribution in [0, 0.1) is 0 Å². The van der Waals surface area contributed by atoms with Crippen molar-refractivity contribution in [2.75, 3.05) is 25.2 Å². The number of anilines is 1. The Morgan fingerprint density at radius 2 is 2.00 bits per heavy atom. The van der Waals surface area contributed by atoms with E-state index in [1.807, 2.05) is 4.90 Å². The number of likely N-dealkylation sites (tertiary alicyclic amines) is 1. The second kappa shape index (κ2) is 6.85. The van der Waals surface area contributed by atoms with Gasteiger partial charge in [-0.05, 0) is 50.3 Å². The number of hydrogen-bond donors (Lipinski definition) is 2. The standard InChI is InChI=1S/C20H22N4O4/c25-18-14-2-1-3-15(14)22-20(23-18)21-13-6-8-24(9-7-13)19(26)12-4-5-16-17(10-12)28-11-27-16/h4-5,10,13H,1-3,6-9,11H2,(H2,21,22,23,25). The summed E-state index contributed by atoms with van der Waals surface area (Å²) >= 11 is 0. The third kappa shape index (κ3) is 3.08. The Labute approximate surface area is 161 Å². The molecule has 0 unspecified atom stereocenters. The minimum Gasteiger partial charge on any atom is -0.454 e. The fraction of sp³-hybridized carbons (Fsp3) is 0.450. The number of amides is 1. The van der Waals surface area contributed by atoms with Crippen LogP contribution in [-0.2, 0) is 12.8 Å². The normalized spacial score (nSPS) is 18.2. The van der Waals surface area contributed by atoms with E-state index in [-0.39, 0.29) is 24.3 Å². The Morgan fingerprint density at radius 3 is 2.86 bits per heavy atom. The lowest BCUT2D eigenvalue weighted by molar-refractivity contribution is 0.0718. The van der Waals surface area contributed by atoms with Crippen molar-refractivity contribution in [1.82, 2.24) is 14.9 Å². The molecule has 28 heavy (non-hydrogen) atoms. The average molecular weight is 382 g/mol. The van der Waals surface area contributed by atoms with Crippen molar-refractivity contribution in [3.05, 3.63) is 45.4 Å². The summed E-state index contributed by atoms with van der Waals surface area (Å²) in [5, 5.41) is 3.34. The molecule has 0 bridgehead atoms. The Balaban J connectivity index is 1.21. The molecule has 1 fully saturated rings. The first-order chi connectivity index (χ1) is 13.7. The minimum absolute atomic E-state index is 0.000753. The molecule has 0 spiro atoms. The number of piperidine rings is 1. The van der Waals surface area contributed by atoms with E-state index in [0.717, 1.165) is 43.4 Å². The number of rotatable bonds is 3. The van der Waals surface area contributed by atoms with Crippen molar-refractivity contribution in [2.24, 2.45) is 0 Å². The molecule has 3 heterocycles. The molecule has 8 nitrogen and oxygen atoms in total. The number of carbonyl (C=O) groups excluding carboxylic acids is 1. The van der Waals surface area contributed by atoms with Gasteiger partial charge in [-0.1, -0.05) is 0 Å². The maximum absolute atomic E-state index is 12.8. The van der Waals surface area contributed by atoms with Crippen LogP contribution in [0.15, 0.2) is 23.0 Å². The maximum atomic E-state index is 12.8. The molecular formula is C20H22N4O4. The van der Waals surface area contributed by atoms with Gasteiger partial charge in [-0.15, -0.1) is 0 Å². The van der Waals surface area contributed by atoms with Gasteiger partial charge in [-0.2, -0.15) is 0 Å². The van der Waals surface area contributed by atoms with E-state index in [4.69, 9.17) is 9.47 Å². The fourth-order valence-corrected chi connectivity index (χ4v) is 4.14. The highest BCUT2D eigenvalue weighted by Gasteiger charge is 2.26. The van der Waals surface area contributed by atoms with Gasteiger partial charge in [0.05, 0.1) is 5.69 Å². The van der Waals surface area contributed by atoms with Crippen LogP contribution in [0.3, 0.4) is 0 Å². The first-order valence-corrected chi connectivity index (χ1v) is 9.75. The van der Waals surface area contributed by atoms with E-state index in [0.29, 0.717) is 36.1 Å². The molecule has 1 saturated heterocycles. The second-order valence-corrected chi connectivity index (χ2v) is 7.47. The highest BCUT2D eigenvalue weighted by molar-refractivity contribution is 5.95. The maximum Gasteiger partial charge on any atom is 0.255 e. The highest BCUT2D eigenvalue weighted by atomic mass is 16.7. The molecule has 1 amide bonds. The molecule has 3 aliphatic rings. The van der Waals surface area contributed by atoms with Crippen molar-refractivity contribution >= 4 is 11.9 Å². The van der Waals surface area contributed by atoms with E-state index in [2.05, 4.69) is 15.3 Å². The van der Waals surface area contributed by atoms with Gasteiger partial charge in [0.1, 0.15) is 0 Å². The molecule has 8 heteroatoms. The highest BCUT2D eigenvalue weighted by Crippen LogP contribution is 2.33. The van der Waals surface area contributed by atoms with E-state index in [9.17, 15) is 9.59 Å². The fourth-order valence-electron chi connectivity index (χ4n) is 4.14. The molecule has 2 N–H and O–H groups in total. The Kier molecular flexibility index (Phi) is 4.18. The van der Waals surface area contributed by atoms with Crippen LogP contribution >= 0.6 is 0 Å². The summed E-state index contributed by atoms with van der Waals surface area (Å²) < 4.78 is 10.7. The van der Waals surface area contributed by atoms with E-state index < -0.39 is 0 Å². The molecule has 1 aromatic heterocycles. The van der Waals surface area contributed by atoms with Crippen LogP contribution in [-0.4, -0.2) is 46.7 Å². The van der Waals surface area contributed by atoms with Gasteiger partial charge >= 0.3 is 0 Å². The van der Waals surface area contributed by atoms with Crippen molar-refractivity contribution in [2.45, 2.75) is 38.1 Å². The average Bonchev–Trinajstić information content (AvgIpc) is 3.37. The van der Waals surface area contributed by atoms with Crippen LogP contribution < -0.4 is 20.3 Å². The summed E-state index contributed by atoms with van der Waals surface area (Å²) in [7, 11) is 0. The summed E-state index contributed by atoms with van der Waals surface area (Å²) in [6, 6.07) is 5.48. The number of aromatic amines is 1. The van der Waals surface area contributed by atoms with Gasteiger partial charge in [0.25, 0.3) is 11.5 Å². The Morgan fingerprint density at radius 1 is 1.18 bits per heavy atom. The number of hydrogen-bond acceptors (Lipinski definition) is 6. The van der Waals surface area contributed by atoms with E-state index >= 15 is 0 Å². The number of H-pyrrole nitrogens is 1. The van der Waals surface area contributed by atoms with Crippen molar-refractivity contribution in [1.29, 1.82) is 0 Å². The first kappa shape index (κ1) is 17.1. The third-order valence-corrected chi connectivity index (χ3v) is 5.68. The van der Waals surface area contributed by atoms with Gasteiger partial charge in [-0.3, -0.25) is 14.6 Å². The quantitative estimate of drug-likeness (QED) is 0.839. The molecular weight excluding hydrogens is 360 g/mol. The molecule has 2 aromatic rings. The zero-order valence-electron chi connectivity index (χ0n) is 15.5. The van der Waals surface area contributed by atoms with Gasteiger partial charge < -0.3 is 19.7 Å². The number of nitrogens with zero attached hydrogens (tertiary/aromatic N) is 2. The number of benzene rings is 1. The van der Waals surface area contributed by atoms with E-state index in [1.165, 1.54) is 0 Å². The smallest absolute Gasteiger partial charge is 0.255 e. The van der Waals surface area contributed by atoms with Gasteiger partial charge in [-0.25, -0.2) is 4.98 Å². The third-order valence-electron chi connectivity index (χ3n) is 5.68.